The molecule has 6 atom stereocenters. The summed E-state index contributed by atoms with van der Waals surface area (Å²) < 4.78 is 5.47. The first-order chi connectivity index (χ1) is 21.8. The monoisotopic (exact) mass is 611 g/mol. The number of ether oxygens (including phenoxy) is 1. The van der Waals surface area contributed by atoms with Gasteiger partial charge in [-0.2, -0.15) is 0 Å². The molecule has 4 heterocycles. The molecule has 6 unspecified atom stereocenters. The van der Waals surface area contributed by atoms with Crippen LogP contribution in [0, 0.1) is 28.6 Å². The van der Waals surface area contributed by atoms with E-state index in [2.05, 4.69) is 23.3 Å². The van der Waals surface area contributed by atoms with Gasteiger partial charge in [-0.15, -0.1) is 0 Å². The lowest BCUT2D eigenvalue weighted by Gasteiger charge is -2.35. The van der Waals surface area contributed by atoms with Gasteiger partial charge < -0.3 is 20.4 Å². The third kappa shape index (κ3) is 6.01. The number of likely N-dealkylation sites (tertiary alicyclic amines) is 1. The molecule has 1 spiro atoms. The molecule has 2 saturated heterocycles. The Labute approximate surface area is 266 Å². The highest BCUT2D eigenvalue weighted by atomic mass is 16.6. The Hall–Kier alpha value is -4.01. The molecule has 2 N–H and O–H groups in total. The Bertz CT molecular complexity index is 1460. The molecule has 9 nitrogen and oxygen atoms in total. The van der Waals surface area contributed by atoms with Gasteiger partial charge in [0.1, 0.15) is 12.8 Å². The smallest absolute Gasteiger partial charge is 0.414 e. The minimum Gasteiger partial charge on any atom is -0.444 e. The Kier molecular flexibility index (Phi) is 9.06. The predicted octanol–water partition coefficient (Wildman–Crippen LogP) is 5.96. The number of fused-ring (bicyclic) bond motifs is 3. The van der Waals surface area contributed by atoms with Crippen LogP contribution in [-0.4, -0.2) is 60.0 Å². The Morgan fingerprint density at radius 3 is 2.78 bits per heavy atom. The Morgan fingerprint density at radius 1 is 1.16 bits per heavy atom. The fraction of sp³-hybridized carbons (Fsp3) is 0.528. The van der Waals surface area contributed by atoms with Gasteiger partial charge in [-0.3, -0.25) is 19.5 Å². The minimum atomic E-state index is -0.466. The van der Waals surface area contributed by atoms with Crippen molar-refractivity contribution < 1.29 is 19.1 Å². The van der Waals surface area contributed by atoms with Gasteiger partial charge in [0, 0.05) is 48.5 Å². The summed E-state index contributed by atoms with van der Waals surface area (Å²) >= 11 is 0. The number of carbonyl (C=O) groups is 3. The summed E-state index contributed by atoms with van der Waals surface area (Å²) in [6, 6.07) is 7.88. The minimum absolute atomic E-state index is 0.0110. The number of hydrogen-bond donors (Lipinski definition) is 2. The number of cyclic esters (lactones) is 1. The number of allylic oxidation sites excluding steroid dienone is 4. The van der Waals surface area contributed by atoms with Crippen molar-refractivity contribution >= 4 is 35.5 Å². The van der Waals surface area contributed by atoms with Crippen LogP contribution in [0.3, 0.4) is 0 Å². The fourth-order valence-electron chi connectivity index (χ4n) is 7.88. The molecule has 1 aromatic rings. The van der Waals surface area contributed by atoms with Crippen LogP contribution in [0.2, 0.25) is 0 Å². The van der Waals surface area contributed by atoms with E-state index in [9.17, 15) is 14.4 Å². The van der Waals surface area contributed by atoms with E-state index in [4.69, 9.17) is 10.1 Å². The summed E-state index contributed by atoms with van der Waals surface area (Å²) in [4.78, 5) is 47.7. The van der Waals surface area contributed by atoms with Gasteiger partial charge in [0.15, 0.2) is 0 Å². The molecular formula is C36H45N5O4. The van der Waals surface area contributed by atoms with Crippen LogP contribution in [0.15, 0.2) is 65.2 Å². The zero-order valence-corrected chi connectivity index (χ0v) is 26.4. The van der Waals surface area contributed by atoms with Gasteiger partial charge in [-0.1, -0.05) is 55.8 Å². The van der Waals surface area contributed by atoms with Gasteiger partial charge in [-0.05, 0) is 69.6 Å². The third-order valence-corrected chi connectivity index (χ3v) is 10.5. The summed E-state index contributed by atoms with van der Waals surface area (Å²) in [5.41, 5.74) is 3.14. The van der Waals surface area contributed by atoms with Gasteiger partial charge in [0.2, 0.25) is 11.8 Å². The van der Waals surface area contributed by atoms with E-state index in [1.807, 2.05) is 60.4 Å². The zero-order valence-electron chi connectivity index (χ0n) is 26.4. The lowest BCUT2D eigenvalue weighted by atomic mass is 9.74. The van der Waals surface area contributed by atoms with Crippen LogP contribution in [0.5, 0.6) is 0 Å². The second-order valence-electron chi connectivity index (χ2n) is 13.1. The summed E-state index contributed by atoms with van der Waals surface area (Å²) in [5, 5.41) is 12.0. The molecule has 3 fully saturated rings. The average Bonchev–Trinajstić information content (AvgIpc) is 3.48. The second kappa shape index (κ2) is 13.2. The van der Waals surface area contributed by atoms with Crippen molar-refractivity contribution in [3.63, 3.8) is 0 Å². The Morgan fingerprint density at radius 2 is 1.96 bits per heavy atom. The van der Waals surface area contributed by atoms with Crippen LogP contribution >= 0.6 is 0 Å². The van der Waals surface area contributed by atoms with Crippen molar-refractivity contribution in [2.45, 2.75) is 84.0 Å². The van der Waals surface area contributed by atoms with E-state index in [-0.39, 0.29) is 47.9 Å². The number of para-hydroxylation sites is 1. The molecule has 45 heavy (non-hydrogen) atoms. The summed E-state index contributed by atoms with van der Waals surface area (Å²) in [6.45, 7) is 5.66. The highest BCUT2D eigenvalue weighted by Crippen LogP contribution is 2.52. The van der Waals surface area contributed by atoms with Crippen molar-refractivity contribution in [3.8, 4) is 0 Å². The topological polar surface area (TPSA) is 115 Å². The SMILES string of the molecule is CCC(C=CC(CC)C(=O)N1CCCC(N2C(=O)OCc3ccccc32)CC1)C(=N)/C=C1\CCC2(C1)C(=O)NC1N=CC=CC12. The molecule has 5 aliphatic rings. The Balaban J connectivity index is 1.07. The van der Waals surface area contributed by atoms with Gasteiger partial charge in [0.25, 0.3) is 0 Å². The van der Waals surface area contributed by atoms with E-state index in [1.165, 1.54) is 0 Å². The number of dihydropyridines is 1. The molecular weight excluding hydrogens is 566 g/mol. The predicted molar refractivity (Wildman–Crippen MR) is 175 cm³/mol. The summed E-state index contributed by atoms with van der Waals surface area (Å²) in [5.74, 6) is -0.110. The standard InChI is InChI=1S/C36H45N5O4/c1-3-25(30(37)21-24-15-17-36(22-24)29-11-7-18-38-32(29)39-34(36)43)13-14-26(4-2)33(42)40-19-8-10-28(16-20-40)41-31-12-6-5-9-27(31)23-45-35(41)44/h5-7,9,11-14,18,21,25-26,28-29,32,37H,3-4,8,10,15-17,19-20,22-23H2,1-2H3,(H,39,43)/b14-13?,24-21+,37-30?. The lowest BCUT2D eigenvalue weighted by molar-refractivity contribution is -0.134. The largest absolute Gasteiger partial charge is 0.444 e. The van der Waals surface area contributed by atoms with Crippen LogP contribution in [-0.2, 0) is 20.9 Å². The number of nitrogens with one attached hydrogen (secondary N) is 2. The van der Waals surface area contributed by atoms with E-state index in [0.29, 0.717) is 44.7 Å². The number of nitrogens with zero attached hydrogens (tertiary/aromatic N) is 3. The number of anilines is 1. The summed E-state index contributed by atoms with van der Waals surface area (Å²) in [7, 11) is 0. The van der Waals surface area contributed by atoms with Crippen LogP contribution in [0.25, 0.3) is 0 Å². The molecule has 0 radical (unpaired) electrons. The van der Waals surface area contributed by atoms with Crippen molar-refractivity contribution in [3.05, 3.63) is 65.8 Å². The van der Waals surface area contributed by atoms with Crippen molar-refractivity contribution in [1.82, 2.24) is 10.2 Å². The van der Waals surface area contributed by atoms with Gasteiger partial charge in [-0.25, -0.2) is 4.79 Å². The normalized spacial score (nSPS) is 29.8. The molecule has 1 saturated carbocycles. The molecule has 3 amide bonds. The quantitative estimate of drug-likeness (QED) is 0.279. The molecule has 6 rings (SSSR count). The number of carbonyl (C=O) groups excluding carboxylic acids is 3. The van der Waals surface area contributed by atoms with E-state index >= 15 is 0 Å². The van der Waals surface area contributed by atoms with Gasteiger partial charge >= 0.3 is 6.09 Å². The van der Waals surface area contributed by atoms with E-state index in [1.54, 1.807) is 11.1 Å². The molecule has 238 valence electrons. The molecule has 4 aliphatic heterocycles. The summed E-state index contributed by atoms with van der Waals surface area (Å²) in [6.07, 6.45) is 17.4. The first-order valence-electron chi connectivity index (χ1n) is 16.6. The van der Waals surface area contributed by atoms with Crippen molar-refractivity contribution in [1.29, 1.82) is 5.41 Å². The highest BCUT2D eigenvalue weighted by Gasteiger charge is 2.56. The second-order valence-corrected chi connectivity index (χ2v) is 13.1. The first-order valence-corrected chi connectivity index (χ1v) is 16.6. The number of aliphatic imine (C=N–C) groups is 1. The fourth-order valence-corrected chi connectivity index (χ4v) is 7.88. The van der Waals surface area contributed by atoms with Crippen molar-refractivity contribution in [2.75, 3.05) is 18.0 Å². The maximum absolute atomic E-state index is 13.7. The molecule has 0 bridgehead atoms. The van der Waals surface area contributed by atoms with Crippen molar-refractivity contribution in [2.24, 2.45) is 28.2 Å². The maximum Gasteiger partial charge on any atom is 0.414 e. The molecule has 9 heteroatoms. The van der Waals surface area contributed by atoms with Crippen LogP contribution in [0.1, 0.15) is 70.8 Å². The molecule has 1 aliphatic carbocycles. The number of benzene rings is 1. The average molecular weight is 612 g/mol. The van der Waals surface area contributed by atoms with Crippen LogP contribution < -0.4 is 10.2 Å². The molecule has 1 aromatic carbocycles. The molecule has 0 aromatic heterocycles. The van der Waals surface area contributed by atoms with Gasteiger partial charge in [0.05, 0.1) is 17.0 Å². The zero-order chi connectivity index (χ0) is 31.6. The van der Waals surface area contributed by atoms with Crippen LogP contribution in [0.4, 0.5) is 10.5 Å². The van der Waals surface area contributed by atoms with E-state index in [0.717, 1.165) is 48.9 Å². The number of amides is 3. The van der Waals surface area contributed by atoms with E-state index < -0.39 is 5.41 Å². The third-order valence-electron chi connectivity index (χ3n) is 10.5. The number of rotatable bonds is 8. The highest BCUT2D eigenvalue weighted by molar-refractivity contribution is 5.97. The lowest BCUT2D eigenvalue weighted by Crippen LogP contribution is -2.44. The maximum atomic E-state index is 13.7. The number of hydrogen-bond acceptors (Lipinski definition) is 6. The first kappa shape index (κ1) is 31.0.